The van der Waals surface area contributed by atoms with Crippen LogP contribution in [0.1, 0.15) is 27.0 Å². The van der Waals surface area contributed by atoms with Gasteiger partial charge in [0, 0.05) is 70.3 Å². The molecule has 0 spiro atoms. The Morgan fingerprint density at radius 2 is 1.69 bits per heavy atom. The molecule has 0 bridgehead atoms. The predicted octanol–water partition coefficient (Wildman–Crippen LogP) is 4.83. The summed E-state index contributed by atoms with van der Waals surface area (Å²) in [5.41, 5.74) is 6.53. The summed E-state index contributed by atoms with van der Waals surface area (Å²) in [5.74, 6) is -0.0242. The van der Waals surface area contributed by atoms with E-state index < -0.39 is 0 Å². The monoisotopic (exact) mass is 468 g/mol. The maximum absolute atomic E-state index is 12.5. The van der Waals surface area contributed by atoms with E-state index in [2.05, 4.69) is 94.8 Å². The minimum absolute atomic E-state index is 0.0242. The van der Waals surface area contributed by atoms with Crippen LogP contribution >= 0.6 is 0 Å². The van der Waals surface area contributed by atoms with Gasteiger partial charge in [0.25, 0.3) is 5.91 Å². The molecule has 0 radical (unpaired) electrons. The van der Waals surface area contributed by atoms with Gasteiger partial charge in [0.1, 0.15) is 0 Å². The summed E-state index contributed by atoms with van der Waals surface area (Å²) in [5, 5.41) is 3.06. The molecule has 3 aromatic carbocycles. The summed E-state index contributed by atoms with van der Waals surface area (Å²) in [4.78, 5) is 19.6. The number of nitrogens with zero attached hydrogens (tertiary/aromatic N) is 3. The molecule has 1 aliphatic heterocycles. The van der Waals surface area contributed by atoms with E-state index in [1.807, 2.05) is 31.2 Å². The van der Waals surface area contributed by atoms with Crippen LogP contribution in [0.25, 0.3) is 6.08 Å². The quantitative estimate of drug-likeness (QED) is 0.514. The number of piperazine rings is 1. The van der Waals surface area contributed by atoms with Gasteiger partial charge in [0.2, 0.25) is 0 Å². The molecule has 182 valence electrons. The van der Waals surface area contributed by atoms with Crippen LogP contribution in [0.5, 0.6) is 0 Å². The summed E-state index contributed by atoms with van der Waals surface area (Å²) in [6, 6.07) is 24.9. The van der Waals surface area contributed by atoms with Gasteiger partial charge >= 0.3 is 0 Å². The molecule has 35 heavy (non-hydrogen) atoms. The maximum atomic E-state index is 12.5. The molecule has 3 aromatic rings. The fourth-order valence-corrected chi connectivity index (χ4v) is 4.38. The van der Waals surface area contributed by atoms with E-state index in [9.17, 15) is 4.79 Å². The molecule has 0 aliphatic carbocycles. The number of benzene rings is 3. The third-order valence-electron chi connectivity index (χ3n) is 6.57. The number of rotatable bonds is 8. The first-order valence-corrected chi connectivity index (χ1v) is 12.3. The lowest BCUT2D eigenvalue weighted by molar-refractivity contribution is 0.0950. The highest BCUT2D eigenvalue weighted by molar-refractivity contribution is 5.95. The Labute approximate surface area is 209 Å². The summed E-state index contributed by atoms with van der Waals surface area (Å²) in [6.07, 6.45) is 4.47. The Bertz CT molecular complexity index is 1150. The standard InChI is InChI=1S/C30H36N4O/c1-24-8-4-5-12-29(24)30(35)31-23-26-9-6-11-28(22-26)34-20-18-33(19-21-34)17-7-10-25-13-15-27(16-14-25)32(2)3/h4-16,22H,17-21,23H2,1-3H3,(H,31,35). The number of nitrogens with one attached hydrogen (secondary N) is 1. The number of hydrogen-bond donors (Lipinski definition) is 1. The number of anilines is 2. The zero-order valence-corrected chi connectivity index (χ0v) is 21.1. The van der Waals surface area contributed by atoms with Crippen molar-refractivity contribution in [1.29, 1.82) is 0 Å². The number of aryl methyl sites for hydroxylation is 1. The highest BCUT2D eigenvalue weighted by Gasteiger charge is 2.16. The van der Waals surface area contributed by atoms with E-state index in [0.717, 1.165) is 49.4 Å². The zero-order valence-electron chi connectivity index (χ0n) is 21.1. The molecule has 1 N–H and O–H groups in total. The third-order valence-corrected chi connectivity index (χ3v) is 6.57. The number of carbonyl (C=O) groups is 1. The van der Waals surface area contributed by atoms with E-state index in [1.54, 1.807) is 0 Å². The zero-order chi connectivity index (χ0) is 24.6. The average Bonchev–Trinajstić information content (AvgIpc) is 2.88. The normalized spacial score (nSPS) is 14.3. The number of hydrogen-bond acceptors (Lipinski definition) is 4. The van der Waals surface area contributed by atoms with Crippen LogP contribution < -0.4 is 15.1 Å². The largest absolute Gasteiger partial charge is 0.378 e. The molecule has 5 nitrogen and oxygen atoms in total. The van der Waals surface area contributed by atoms with Crippen molar-refractivity contribution >= 4 is 23.4 Å². The molecule has 1 saturated heterocycles. The van der Waals surface area contributed by atoms with Crippen molar-refractivity contribution in [3.05, 3.63) is 101 Å². The lowest BCUT2D eigenvalue weighted by Gasteiger charge is -2.35. The summed E-state index contributed by atoms with van der Waals surface area (Å²) in [7, 11) is 4.12. The lowest BCUT2D eigenvalue weighted by atomic mass is 10.1. The van der Waals surface area contributed by atoms with E-state index >= 15 is 0 Å². The molecule has 0 unspecified atom stereocenters. The van der Waals surface area contributed by atoms with Gasteiger partial charge < -0.3 is 15.1 Å². The molecule has 1 aliphatic rings. The summed E-state index contributed by atoms with van der Waals surface area (Å²) < 4.78 is 0. The molecular formula is C30H36N4O. The van der Waals surface area contributed by atoms with Crippen LogP contribution in [0, 0.1) is 6.92 Å². The predicted molar refractivity (Wildman–Crippen MR) is 147 cm³/mol. The second-order valence-corrected chi connectivity index (χ2v) is 9.34. The van der Waals surface area contributed by atoms with Crippen molar-refractivity contribution in [1.82, 2.24) is 10.2 Å². The van der Waals surface area contributed by atoms with Gasteiger partial charge in [-0.05, 0) is 53.9 Å². The van der Waals surface area contributed by atoms with Gasteiger partial charge in [-0.25, -0.2) is 0 Å². The fraction of sp³-hybridized carbons (Fsp3) is 0.300. The molecule has 1 fully saturated rings. The minimum Gasteiger partial charge on any atom is -0.378 e. The first kappa shape index (κ1) is 24.6. The summed E-state index contributed by atoms with van der Waals surface area (Å²) >= 11 is 0. The second-order valence-electron chi connectivity index (χ2n) is 9.34. The van der Waals surface area contributed by atoms with Gasteiger partial charge in [-0.3, -0.25) is 9.69 Å². The fourth-order valence-electron chi connectivity index (χ4n) is 4.38. The van der Waals surface area contributed by atoms with Gasteiger partial charge in [-0.2, -0.15) is 0 Å². The van der Waals surface area contributed by atoms with Gasteiger partial charge in [0.05, 0.1) is 0 Å². The van der Waals surface area contributed by atoms with Crippen molar-refractivity contribution in [2.75, 3.05) is 56.6 Å². The summed E-state index contributed by atoms with van der Waals surface area (Å²) in [6.45, 7) is 7.55. The Morgan fingerprint density at radius 1 is 0.943 bits per heavy atom. The molecule has 0 atom stereocenters. The lowest BCUT2D eigenvalue weighted by Crippen LogP contribution is -2.46. The van der Waals surface area contributed by atoms with E-state index in [0.29, 0.717) is 6.54 Å². The topological polar surface area (TPSA) is 38.8 Å². The Balaban J connectivity index is 1.25. The Kier molecular flexibility index (Phi) is 8.22. The molecular weight excluding hydrogens is 432 g/mol. The van der Waals surface area contributed by atoms with Crippen LogP contribution in [0.4, 0.5) is 11.4 Å². The molecule has 5 heteroatoms. The van der Waals surface area contributed by atoms with Crippen LogP contribution in [0.2, 0.25) is 0 Å². The van der Waals surface area contributed by atoms with E-state index in [1.165, 1.54) is 16.9 Å². The van der Waals surface area contributed by atoms with Gasteiger partial charge in [-0.1, -0.05) is 54.6 Å². The number of amides is 1. The van der Waals surface area contributed by atoms with Crippen LogP contribution in [-0.4, -0.2) is 57.6 Å². The van der Waals surface area contributed by atoms with Crippen molar-refractivity contribution < 1.29 is 4.79 Å². The Morgan fingerprint density at radius 3 is 2.40 bits per heavy atom. The smallest absolute Gasteiger partial charge is 0.251 e. The van der Waals surface area contributed by atoms with Crippen molar-refractivity contribution in [3.63, 3.8) is 0 Å². The first-order chi connectivity index (χ1) is 17.0. The second kappa shape index (κ2) is 11.7. The molecule has 4 rings (SSSR count). The Hall–Kier alpha value is -3.57. The van der Waals surface area contributed by atoms with Crippen molar-refractivity contribution in [2.45, 2.75) is 13.5 Å². The number of carbonyl (C=O) groups excluding carboxylic acids is 1. The SMILES string of the molecule is Cc1ccccc1C(=O)NCc1cccc(N2CCN(CC=Cc3ccc(N(C)C)cc3)CC2)c1. The average molecular weight is 469 g/mol. The first-order valence-electron chi connectivity index (χ1n) is 12.3. The van der Waals surface area contributed by atoms with Crippen LogP contribution in [0.3, 0.4) is 0 Å². The molecule has 0 aromatic heterocycles. The molecule has 0 saturated carbocycles. The molecule has 1 amide bonds. The van der Waals surface area contributed by atoms with Crippen molar-refractivity contribution in [3.8, 4) is 0 Å². The third kappa shape index (κ3) is 6.74. The van der Waals surface area contributed by atoms with Crippen LogP contribution in [0.15, 0.2) is 78.9 Å². The van der Waals surface area contributed by atoms with Gasteiger partial charge in [-0.15, -0.1) is 0 Å². The highest BCUT2D eigenvalue weighted by Crippen LogP contribution is 2.19. The maximum Gasteiger partial charge on any atom is 0.251 e. The van der Waals surface area contributed by atoms with E-state index in [-0.39, 0.29) is 5.91 Å². The minimum atomic E-state index is -0.0242. The van der Waals surface area contributed by atoms with Crippen LogP contribution in [-0.2, 0) is 6.54 Å². The van der Waals surface area contributed by atoms with Gasteiger partial charge in [0.15, 0.2) is 0 Å². The molecule has 1 heterocycles. The van der Waals surface area contributed by atoms with Crippen molar-refractivity contribution in [2.24, 2.45) is 0 Å². The highest BCUT2D eigenvalue weighted by atomic mass is 16.1. The van der Waals surface area contributed by atoms with E-state index in [4.69, 9.17) is 0 Å².